The summed E-state index contributed by atoms with van der Waals surface area (Å²) in [6.07, 6.45) is 0.641. The highest BCUT2D eigenvalue weighted by atomic mass is 16.4. The molecule has 0 aliphatic rings. The lowest BCUT2D eigenvalue weighted by Gasteiger charge is -2.17. The first-order valence-corrected chi connectivity index (χ1v) is 7.99. The smallest absolute Gasteiger partial charge is 0.306 e. The molecule has 0 aromatic heterocycles. The van der Waals surface area contributed by atoms with Gasteiger partial charge < -0.3 is 15.7 Å². The molecule has 2 amide bonds. The number of anilines is 1. The van der Waals surface area contributed by atoms with E-state index in [2.05, 4.69) is 10.6 Å². The molecule has 1 rings (SSSR count). The van der Waals surface area contributed by atoms with Crippen molar-refractivity contribution in [2.24, 2.45) is 11.3 Å². The molecule has 1 unspecified atom stereocenters. The Balaban J connectivity index is 2.42. The molecule has 0 bridgehead atoms. The molecule has 0 saturated heterocycles. The summed E-state index contributed by atoms with van der Waals surface area (Å²) in [6.45, 7) is 7.39. The van der Waals surface area contributed by atoms with Crippen LogP contribution in [0.25, 0.3) is 0 Å². The minimum absolute atomic E-state index is 0.0906. The highest BCUT2D eigenvalue weighted by Gasteiger charge is 2.20. The van der Waals surface area contributed by atoms with E-state index in [1.807, 2.05) is 20.8 Å². The molecule has 1 aromatic rings. The van der Waals surface area contributed by atoms with Gasteiger partial charge in [-0.05, 0) is 24.1 Å². The van der Waals surface area contributed by atoms with Crippen LogP contribution in [0.15, 0.2) is 24.3 Å². The summed E-state index contributed by atoms with van der Waals surface area (Å²) >= 11 is 0. The lowest BCUT2D eigenvalue weighted by molar-refractivity contribution is -0.141. The van der Waals surface area contributed by atoms with Crippen molar-refractivity contribution in [2.75, 3.05) is 11.9 Å². The van der Waals surface area contributed by atoms with E-state index >= 15 is 0 Å². The van der Waals surface area contributed by atoms with Gasteiger partial charge in [-0.2, -0.15) is 0 Å². The molecule has 0 fully saturated rings. The molecule has 6 nitrogen and oxygen atoms in total. The Bertz CT molecular complexity index is 588. The summed E-state index contributed by atoms with van der Waals surface area (Å²) in [5.41, 5.74) is 1.08. The van der Waals surface area contributed by atoms with Crippen LogP contribution in [-0.2, 0) is 20.8 Å². The molecule has 0 spiro atoms. The first-order valence-electron chi connectivity index (χ1n) is 7.99. The third-order valence-electron chi connectivity index (χ3n) is 3.52. The molecule has 3 N–H and O–H groups in total. The average Bonchev–Trinajstić information content (AvgIpc) is 2.48. The first-order chi connectivity index (χ1) is 11.1. The number of carboxylic acid groups (broad SMARTS) is 1. The number of hydrogen-bond acceptors (Lipinski definition) is 3. The van der Waals surface area contributed by atoms with Crippen LogP contribution in [0.4, 0.5) is 5.69 Å². The zero-order valence-electron chi connectivity index (χ0n) is 14.7. The van der Waals surface area contributed by atoms with Gasteiger partial charge in [0.05, 0.1) is 5.92 Å². The molecule has 132 valence electrons. The van der Waals surface area contributed by atoms with E-state index in [4.69, 9.17) is 5.11 Å². The van der Waals surface area contributed by atoms with Gasteiger partial charge in [0.25, 0.3) is 0 Å². The van der Waals surface area contributed by atoms with Crippen LogP contribution in [0, 0.1) is 11.3 Å². The molecule has 0 heterocycles. The lowest BCUT2D eigenvalue weighted by Crippen LogP contribution is -2.36. The minimum atomic E-state index is -0.829. The van der Waals surface area contributed by atoms with Gasteiger partial charge in [0.1, 0.15) is 0 Å². The molecule has 6 heteroatoms. The molecule has 0 radical (unpaired) electrons. The molecule has 1 aromatic carbocycles. The monoisotopic (exact) mass is 334 g/mol. The van der Waals surface area contributed by atoms with Gasteiger partial charge in [0.2, 0.25) is 11.8 Å². The second-order valence-corrected chi connectivity index (χ2v) is 6.94. The topological polar surface area (TPSA) is 95.5 Å². The van der Waals surface area contributed by atoms with E-state index in [0.29, 0.717) is 12.1 Å². The number of carbonyl (C=O) groups excluding carboxylic acids is 2. The summed E-state index contributed by atoms with van der Waals surface area (Å²) < 4.78 is 0. The van der Waals surface area contributed by atoms with Crippen molar-refractivity contribution in [1.82, 2.24) is 5.32 Å². The van der Waals surface area contributed by atoms with Crippen LogP contribution in [-0.4, -0.2) is 29.4 Å². The summed E-state index contributed by atoms with van der Waals surface area (Å²) in [7, 11) is 0. The third-order valence-corrected chi connectivity index (χ3v) is 3.52. The van der Waals surface area contributed by atoms with Crippen molar-refractivity contribution >= 4 is 23.5 Å². The van der Waals surface area contributed by atoms with E-state index < -0.39 is 17.3 Å². The number of nitrogens with one attached hydrogen (secondary N) is 2. The Kier molecular flexibility index (Phi) is 6.95. The van der Waals surface area contributed by atoms with Gasteiger partial charge in [0.15, 0.2) is 0 Å². The maximum atomic E-state index is 11.9. The molecule has 0 aliphatic heterocycles. The maximum absolute atomic E-state index is 11.9. The zero-order valence-corrected chi connectivity index (χ0v) is 14.7. The van der Waals surface area contributed by atoms with Crippen LogP contribution in [0.2, 0.25) is 0 Å². The number of carboxylic acids is 1. The Hall–Kier alpha value is -2.37. The number of aliphatic carboxylic acids is 1. The number of carbonyl (C=O) groups is 3. The van der Waals surface area contributed by atoms with Crippen LogP contribution >= 0.6 is 0 Å². The van der Waals surface area contributed by atoms with E-state index in [0.717, 1.165) is 5.56 Å². The van der Waals surface area contributed by atoms with Crippen molar-refractivity contribution in [3.05, 3.63) is 29.8 Å². The summed E-state index contributed by atoms with van der Waals surface area (Å²) in [6, 6.07) is 7.10. The van der Waals surface area contributed by atoms with E-state index in [1.165, 1.54) is 0 Å². The average molecular weight is 334 g/mol. The maximum Gasteiger partial charge on any atom is 0.306 e. The van der Waals surface area contributed by atoms with Gasteiger partial charge in [-0.1, -0.05) is 39.8 Å². The normalized spacial score (nSPS) is 12.3. The Morgan fingerprint density at radius 3 is 2.21 bits per heavy atom. The number of hydrogen-bond donors (Lipinski definition) is 3. The Morgan fingerprint density at radius 1 is 1.12 bits per heavy atom. The zero-order chi connectivity index (χ0) is 18.3. The van der Waals surface area contributed by atoms with E-state index in [-0.39, 0.29) is 24.8 Å². The largest absolute Gasteiger partial charge is 0.481 e. The van der Waals surface area contributed by atoms with Gasteiger partial charge >= 0.3 is 5.97 Å². The van der Waals surface area contributed by atoms with Crippen molar-refractivity contribution < 1.29 is 19.5 Å². The molecule has 0 saturated carbocycles. The van der Waals surface area contributed by atoms with Crippen molar-refractivity contribution in [1.29, 1.82) is 0 Å². The molecular formula is C18H26N2O4. The molecular weight excluding hydrogens is 308 g/mol. The fourth-order valence-corrected chi connectivity index (χ4v) is 1.94. The number of benzene rings is 1. The summed E-state index contributed by atoms with van der Waals surface area (Å²) in [5.74, 6) is -1.55. The number of rotatable bonds is 7. The van der Waals surface area contributed by atoms with E-state index in [9.17, 15) is 14.4 Å². The minimum Gasteiger partial charge on any atom is -0.481 e. The van der Waals surface area contributed by atoms with Crippen LogP contribution in [0.1, 0.15) is 39.7 Å². The molecule has 0 aliphatic carbocycles. The SMILES string of the molecule is CC(Cc1ccc(NC(=O)CCNC(=O)C(C)(C)C)cc1)C(=O)O. The quantitative estimate of drug-likeness (QED) is 0.713. The van der Waals surface area contributed by atoms with Gasteiger partial charge in [-0.3, -0.25) is 14.4 Å². The second kappa shape index (κ2) is 8.47. The highest BCUT2D eigenvalue weighted by Crippen LogP contribution is 2.14. The first kappa shape index (κ1) is 19.7. The molecule has 1 atom stereocenters. The Morgan fingerprint density at radius 2 is 1.71 bits per heavy atom. The predicted molar refractivity (Wildman–Crippen MR) is 92.7 cm³/mol. The Labute approximate surface area is 142 Å². The fourth-order valence-electron chi connectivity index (χ4n) is 1.94. The van der Waals surface area contributed by atoms with Crippen LogP contribution in [0.5, 0.6) is 0 Å². The van der Waals surface area contributed by atoms with Crippen LogP contribution < -0.4 is 10.6 Å². The number of amides is 2. The van der Waals surface area contributed by atoms with E-state index in [1.54, 1.807) is 31.2 Å². The summed E-state index contributed by atoms with van der Waals surface area (Å²) in [5, 5.41) is 14.4. The van der Waals surface area contributed by atoms with Crippen molar-refractivity contribution in [2.45, 2.75) is 40.5 Å². The van der Waals surface area contributed by atoms with Crippen molar-refractivity contribution in [3.8, 4) is 0 Å². The van der Waals surface area contributed by atoms with Crippen molar-refractivity contribution in [3.63, 3.8) is 0 Å². The van der Waals surface area contributed by atoms with Gasteiger partial charge in [0, 0.05) is 24.1 Å². The summed E-state index contributed by atoms with van der Waals surface area (Å²) in [4.78, 5) is 34.4. The third kappa shape index (κ3) is 6.81. The van der Waals surface area contributed by atoms with Gasteiger partial charge in [-0.25, -0.2) is 0 Å². The lowest BCUT2D eigenvalue weighted by atomic mass is 9.96. The van der Waals surface area contributed by atoms with Gasteiger partial charge in [-0.15, -0.1) is 0 Å². The molecule has 24 heavy (non-hydrogen) atoms. The highest BCUT2D eigenvalue weighted by molar-refractivity contribution is 5.91. The van der Waals surface area contributed by atoms with Crippen LogP contribution in [0.3, 0.4) is 0 Å². The second-order valence-electron chi connectivity index (χ2n) is 6.94. The fraction of sp³-hybridized carbons (Fsp3) is 0.500. The standard InChI is InChI=1S/C18H26N2O4/c1-12(16(22)23)11-13-5-7-14(8-6-13)20-15(21)9-10-19-17(24)18(2,3)4/h5-8,12H,9-11H2,1-4H3,(H,19,24)(H,20,21)(H,22,23). The predicted octanol–water partition coefficient (Wildman–Crippen LogP) is 2.44.